The molecule has 0 bridgehead atoms. The smallest absolute Gasteiger partial charge is 0.387 e. The fourth-order valence-electron chi connectivity index (χ4n) is 1.52. The van der Waals surface area contributed by atoms with Crippen LogP contribution in [0.3, 0.4) is 0 Å². The van der Waals surface area contributed by atoms with E-state index in [4.69, 9.17) is 10.2 Å². The van der Waals surface area contributed by atoms with Crippen molar-refractivity contribution < 1.29 is 28.5 Å². The fraction of sp³-hybridized carbons (Fsp3) is 0.417. The van der Waals surface area contributed by atoms with Crippen LogP contribution in [0, 0.1) is 0 Å². The maximum Gasteiger partial charge on any atom is 0.387 e. The topological polar surface area (TPSA) is 70.0 Å². The molecule has 0 aliphatic heterocycles. The first-order valence-electron chi connectivity index (χ1n) is 5.64. The minimum Gasteiger partial charge on any atom is -0.435 e. The second kappa shape index (κ2) is 7.65. The third kappa shape index (κ3) is 4.80. The first-order valence-corrected chi connectivity index (χ1v) is 5.64. The third-order valence-electron chi connectivity index (χ3n) is 2.35. The Hall–Kier alpha value is -1.73. The monoisotopic (exact) mass is 275 g/mol. The number of aliphatic hydroxyl groups is 2. The largest absolute Gasteiger partial charge is 0.435 e. The fourth-order valence-corrected chi connectivity index (χ4v) is 1.52. The first kappa shape index (κ1) is 15.3. The van der Waals surface area contributed by atoms with Crippen molar-refractivity contribution in [1.29, 1.82) is 0 Å². The zero-order valence-corrected chi connectivity index (χ0v) is 10.1. The van der Waals surface area contributed by atoms with Crippen LogP contribution >= 0.6 is 0 Å². The van der Waals surface area contributed by atoms with Crippen molar-refractivity contribution in [3.63, 3.8) is 0 Å². The van der Waals surface area contributed by atoms with Crippen molar-refractivity contribution in [2.45, 2.75) is 6.61 Å². The zero-order chi connectivity index (χ0) is 14.3. The van der Waals surface area contributed by atoms with Crippen LogP contribution in [0.4, 0.5) is 8.78 Å². The lowest BCUT2D eigenvalue weighted by molar-refractivity contribution is -0.0498. The minimum atomic E-state index is -2.91. The molecule has 0 radical (unpaired) electrons. The third-order valence-corrected chi connectivity index (χ3v) is 2.35. The molecule has 0 saturated heterocycles. The zero-order valence-electron chi connectivity index (χ0n) is 10.1. The number of benzene rings is 1. The van der Waals surface area contributed by atoms with Crippen molar-refractivity contribution in [2.24, 2.45) is 0 Å². The highest BCUT2D eigenvalue weighted by Gasteiger charge is 2.15. The summed E-state index contributed by atoms with van der Waals surface area (Å²) in [6.45, 7) is -3.18. The molecule has 7 heteroatoms. The number of hydrogen-bond acceptors (Lipinski definition) is 4. The molecule has 0 heterocycles. The summed E-state index contributed by atoms with van der Waals surface area (Å²) in [6.07, 6.45) is 0. The summed E-state index contributed by atoms with van der Waals surface area (Å²) in [7, 11) is 0. The molecule has 0 saturated carbocycles. The number of amides is 1. The molecule has 0 atom stereocenters. The van der Waals surface area contributed by atoms with Crippen LogP contribution in [0.1, 0.15) is 10.4 Å². The molecule has 1 aromatic rings. The molecule has 106 valence electrons. The SMILES string of the molecule is O=C(c1ccc(OC(F)F)cc1)N(CCO)CCO. The Kier molecular flexibility index (Phi) is 6.17. The summed E-state index contributed by atoms with van der Waals surface area (Å²) in [6, 6.07) is 5.22. The van der Waals surface area contributed by atoms with Crippen LogP contribution in [-0.4, -0.2) is 53.9 Å². The van der Waals surface area contributed by atoms with Gasteiger partial charge in [0.05, 0.1) is 13.2 Å². The predicted molar refractivity (Wildman–Crippen MR) is 63.1 cm³/mol. The van der Waals surface area contributed by atoms with E-state index in [1.54, 1.807) is 0 Å². The molecular formula is C12H15F2NO4. The summed E-state index contributed by atoms with van der Waals surface area (Å²) in [5.41, 5.74) is 0.267. The molecule has 0 aliphatic carbocycles. The van der Waals surface area contributed by atoms with Gasteiger partial charge < -0.3 is 19.8 Å². The van der Waals surface area contributed by atoms with E-state index in [1.807, 2.05) is 0 Å². The van der Waals surface area contributed by atoms with Gasteiger partial charge in [-0.15, -0.1) is 0 Å². The van der Waals surface area contributed by atoms with E-state index in [9.17, 15) is 13.6 Å². The Morgan fingerprint density at radius 2 is 1.68 bits per heavy atom. The number of carbonyl (C=O) groups excluding carboxylic acids is 1. The van der Waals surface area contributed by atoms with Crippen LogP contribution < -0.4 is 4.74 Å². The van der Waals surface area contributed by atoms with Crippen LogP contribution in [0.25, 0.3) is 0 Å². The Labute approximate surface area is 109 Å². The lowest BCUT2D eigenvalue weighted by Gasteiger charge is -2.20. The number of carbonyl (C=O) groups is 1. The summed E-state index contributed by atoms with van der Waals surface area (Å²) in [5.74, 6) is -0.436. The van der Waals surface area contributed by atoms with E-state index in [0.717, 1.165) is 0 Å². The van der Waals surface area contributed by atoms with Crippen molar-refractivity contribution in [3.05, 3.63) is 29.8 Å². The van der Waals surface area contributed by atoms with Gasteiger partial charge in [0.25, 0.3) is 5.91 Å². The van der Waals surface area contributed by atoms with Crippen molar-refractivity contribution in [3.8, 4) is 5.75 Å². The molecule has 1 amide bonds. The lowest BCUT2D eigenvalue weighted by Crippen LogP contribution is -2.35. The number of halogens is 2. The minimum absolute atomic E-state index is 0.0394. The second-order valence-corrected chi connectivity index (χ2v) is 3.64. The Balaban J connectivity index is 2.75. The van der Waals surface area contributed by atoms with E-state index >= 15 is 0 Å². The highest BCUT2D eigenvalue weighted by molar-refractivity contribution is 5.94. The van der Waals surface area contributed by atoms with E-state index in [1.165, 1.54) is 29.2 Å². The molecule has 1 aromatic carbocycles. The quantitative estimate of drug-likeness (QED) is 0.769. The number of rotatable bonds is 7. The van der Waals surface area contributed by atoms with Crippen LogP contribution in [0.2, 0.25) is 0 Å². The molecule has 0 aromatic heterocycles. The van der Waals surface area contributed by atoms with Crippen LogP contribution in [-0.2, 0) is 0 Å². The lowest BCUT2D eigenvalue weighted by atomic mass is 10.2. The summed E-state index contributed by atoms with van der Waals surface area (Å²) in [5, 5.41) is 17.6. The van der Waals surface area contributed by atoms with E-state index < -0.39 is 12.5 Å². The number of nitrogens with zero attached hydrogens (tertiary/aromatic N) is 1. The Bertz CT molecular complexity index is 391. The molecule has 0 spiro atoms. The standard InChI is InChI=1S/C12H15F2NO4/c13-12(14)19-10-3-1-9(2-4-10)11(18)15(5-7-16)6-8-17/h1-4,12,16-17H,5-8H2. The molecule has 19 heavy (non-hydrogen) atoms. The Morgan fingerprint density at radius 1 is 1.16 bits per heavy atom. The predicted octanol–water partition coefficient (Wildman–Crippen LogP) is 0.715. The van der Waals surface area contributed by atoms with E-state index in [0.29, 0.717) is 0 Å². The molecule has 2 N–H and O–H groups in total. The molecule has 0 unspecified atom stereocenters. The molecule has 0 fully saturated rings. The molecule has 5 nitrogen and oxygen atoms in total. The molecule has 1 rings (SSSR count). The summed E-state index contributed by atoms with van der Waals surface area (Å²) < 4.78 is 28.1. The van der Waals surface area contributed by atoms with Crippen LogP contribution in [0.15, 0.2) is 24.3 Å². The van der Waals surface area contributed by atoms with Gasteiger partial charge in [-0.05, 0) is 24.3 Å². The normalized spacial score (nSPS) is 10.6. The van der Waals surface area contributed by atoms with Gasteiger partial charge in [-0.3, -0.25) is 4.79 Å². The van der Waals surface area contributed by atoms with Gasteiger partial charge in [-0.25, -0.2) is 0 Å². The van der Waals surface area contributed by atoms with Gasteiger partial charge in [0, 0.05) is 18.7 Å². The highest BCUT2D eigenvalue weighted by Crippen LogP contribution is 2.16. The van der Waals surface area contributed by atoms with Crippen molar-refractivity contribution in [2.75, 3.05) is 26.3 Å². The summed E-state index contributed by atoms with van der Waals surface area (Å²) >= 11 is 0. The van der Waals surface area contributed by atoms with Crippen LogP contribution in [0.5, 0.6) is 5.75 Å². The maximum absolute atomic E-state index is 12.0. The van der Waals surface area contributed by atoms with Crippen molar-refractivity contribution >= 4 is 5.91 Å². The average Bonchev–Trinajstić information content (AvgIpc) is 2.38. The van der Waals surface area contributed by atoms with Crippen molar-refractivity contribution in [1.82, 2.24) is 4.90 Å². The van der Waals surface area contributed by atoms with Gasteiger partial charge in [0.15, 0.2) is 0 Å². The van der Waals surface area contributed by atoms with Gasteiger partial charge in [-0.1, -0.05) is 0 Å². The van der Waals surface area contributed by atoms with Gasteiger partial charge in [0.1, 0.15) is 5.75 Å². The first-order chi connectivity index (χ1) is 9.08. The van der Waals surface area contributed by atoms with Gasteiger partial charge in [0.2, 0.25) is 0 Å². The maximum atomic E-state index is 12.0. The average molecular weight is 275 g/mol. The Morgan fingerprint density at radius 3 is 2.11 bits per heavy atom. The van der Waals surface area contributed by atoms with E-state index in [-0.39, 0.29) is 37.6 Å². The summed E-state index contributed by atoms with van der Waals surface area (Å²) in [4.78, 5) is 13.2. The second-order valence-electron chi connectivity index (χ2n) is 3.64. The highest BCUT2D eigenvalue weighted by atomic mass is 19.3. The van der Waals surface area contributed by atoms with Gasteiger partial charge in [-0.2, -0.15) is 8.78 Å². The van der Waals surface area contributed by atoms with Gasteiger partial charge >= 0.3 is 6.61 Å². The number of alkyl halides is 2. The molecular weight excluding hydrogens is 260 g/mol. The number of ether oxygens (including phenoxy) is 1. The number of hydrogen-bond donors (Lipinski definition) is 2. The van der Waals surface area contributed by atoms with E-state index in [2.05, 4.69) is 4.74 Å². The number of aliphatic hydroxyl groups excluding tert-OH is 2. The molecule has 0 aliphatic rings.